The van der Waals surface area contributed by atoms with Crippen LogP contribution in [0.5, 0.6) is 0 Å². The number of hydrogen-bond donors (Lipinski definition) is 1. The van der Waals surface area contributed by atoms with Gasteiger partial charge in [0.05, 0.1) is 12.2 Å². The highest BCUT2D eigenvalue weighted by Gasteiger charge is 2.37. The van der Waals surface area contributed by atoms with Crippen molar-refractivity contribution in [3.05, 3.63) is 0 Å². The van der Waals surface area contributed by atoms with Crippen molar-refractivity contribution >= 4 is 0 Å². The van der Waals surface area contributed by atoms with Crippen molar-refractivity contribution in [3.63, 3.8) is 0 Å². The summed E-state index contributed by atoms with van der Waals surface area (Å²) in [5, 5.41) is 3.60. The van der Waals surface area contributed by atoms with E-state index in [0.717, 1.165) is 13.2 Å². The van der Waals surface area contributed by atoms with Crippen LogP contribution in [0.25, 0.3) is 0 Å². The molecular formula is C11H21NO. The minimum atomic E-state index is 0.207. The van der Waals surface area contributed by atoms with Crippen LogP contribution in [0.2, 0.25) is 0 Å². The fourth-order valence-corrected chi connectivity index (χ4v) is 2.39. The summed E-state index contributed by atoms with van der Waals surface area (Å²) >= 11 is 0. The molecule has 1 heterocycles. The van der Waals surface area contributed by atoms with E-state index in [4.69, 9.17) is 4.74 Å². The van der Waals surface area contributed by atoms with Gasteiger partial charge in [0.1, 0.15) is 0 Å². The molecule has 76 valence electrons. The normalized spacial score (nSPS) is 39.2. The summed E-state index contributed by atoms with van der Waals surface area (Å²) in [6.07, 6.45) is 5.23. The molecule has 2 unspecified atom stereocenters. The summed E-state index contributed by atoms with van der Waals surface area (Å²) in [6, 6.07) is 0.611. The maximum absolute atomic E-state index is 6.07. The smallest absolute Gasteiger partial charge is 0.0806 e. The quantitative estimate of drug-likeness (QED) is 0.619. The zero-order chi connectivity index (χ0) is 9.31. The fourth-order valence-electron chi connectivity index (χ4n) is 2.39. The summed E-state index contributed by atoms with van der Waals surface area (Å²) in [4.78, 5) is 0. The summed E-state index contributed by atoms with van der Waals surface area (Å²) < 4.78 is 6.07. The molecular weight excluding hydrogens is 162 g/mol. The highest BCUT2D eigenvalue weighted by molar-refractivity contribution is 4.92. The third-order valence-electron chi connectivity index (χ3n) is 3.77. The van der Waals surface area contributed by atoms with Crippen molar-refractivity contribution in [2.75, 3.05) is 13.2 Å². The SMILES string of the molecule is CC1COC2(CCCC2)CNC1C. The number of rotatable bonds is 0. The Morgan fingerprint density at radius 2 is 1.92 bits per heavy atom. The van der Waals surface area contributed by atoms with Gasteiger partial charge in [0.25, 0.3) is 0 Å². The van der Waals surface area contributed by atoms with E-state index in [2.05, 4.69) is 19.2 Å². The van der Waals surface area contributed by atoms with E-state index in [0.29, 0.717) is 12.0 Å². The maximum Gasteiger partial charge on any atom is 0.0806 e. The zero-order valence-electron chi connectivity index (χ0n) is 8.81. The third kappa shape index (κ3) is 1.89. The van der Waals surface area contributed by atoms with Gasteiger partial charge in [0, 0.05) is 12.6 Å². The van der Waals surface area contributed by atoms with E-state index in [1.54, 1.807) is 0 Å². The fraction of sp³-hybridized carbons (Fsp3) is 1.00. The first kappa shape index (κ1) is 9.47. The minimum absolute atomic E-state index is 0.207. The van der Waals surface area contributed by atoms with Gasteiger partial charge in [-0.2, -0.15) is 0 Å². The summed E-state index contributed by atoms with van der Waals surface area (Å²) in [5.74, 6) is 0.653. The van der Waals surface area contributed by atoms with Crippen LogP contribution < -0.4 is 5.32 Å². The highest BCUT2D eigenvalue weighted by atomic mass is 16.5. The number of hydrogen-bond acceptors (Lipinski definition) is 2. The van der Waals surface area contributed by atoms with Crippen LogP contribution >= 0.6 is 0 Å². The van der Waals surface area contributed by atoms with Gasteiger partial charge in [-0.15, -0.1) is 0 Å². The lowest BCUT2D eigenvalue weighted by atomic mass is 10.0. The van der Waals surface area contributed by atoms with Crippen molar-refractivity contribution in [2.45, 2.75) is 51.2 Å². The second kappa shape index (κ2) is 3.58. The molecule has 1 aliphatic carbocycles. The molecule has 1 spiro atoms. The lowest BCUT2D eigenvalue weighted by Crippen LogP contribution is -2.40. The number of ether oxygens (including phenoxy) is 1. The van der Waals surface area contributed by atoms with Gasteiger partial charge in [-0.05, 0) is 25.7 Å². The molecule has 1 saturated carbocycles. The first-order valence-electron chi connectivity index (χ1n) is 5.59. The van der Waals surface area contributed by atoms with Crippen molar-refractivity contribution in [1.29, 1.82) is 0 Å². The Morgan fingerprint density at radius 3 is 2.62 bits per heavy atom. The Kier molecular flexibility index (Phi) is 2.61. The predicted molar refractivity (Wildman–Crippen MR) is 53.8 cm³/mol. The molecule has 1 N–H and O–H groups in total. The van der Waals surface area contributed by atoms with Crippen molar-refractivity contribution in [2.24, 2.45) is 5.92 Å². The third-order valence-corrected chi connectivity index (χ3v) is 3.77. The van der Waals surface area contributed by atoms with Gasteiger partial charge in [0.15, 0.2) is 0 Å². The largest absolute Gasteiger partial charge is 0.373 e. The second-order valence-electron chi connectivity index (χ2n) is 4.85. The molecule has 0 aromatic rings. The zero-order valence-corrected chi connectivity index (χ0v) is 8.81. The van der Waals surface area contributed by atoms with Gasteiger partial charge in [-0.3, -0.25) is 0 Å². The summed E-state index contributed by atoms with van der Waals surface area (Å²) in [6.45, 7) is 6.54. The Labute approximate surface area is 81.0 Å². The molecule has 2 rings (SSSR count). The molecule has 13 heavy (non-hydrogen) atoms. The molecule has 2 aliphatic rings. The topological polar surface area (TPSA) is 21.3 Å². The minimum Gasteiger partial charge on any atom is -0.373 e. The van der Waals surface area contributed by atoms with E-state index in [1.807, 2.05) is 0 Å². The van der Waals surface area contributed by atoms with Gasteiger partial charge < -0.3 is 10.1 Å². The number of nitrogens with one attached hydrogen (secondary N) is 1. The maximum atomic E-state index is 6.07. The van der Waals surface area contributed by atoms with Gasteiger partial charge >= 0.3 is 0 Å². The Bertz CT molecular complexity index is 161. The molecule has 2 nitrogen and oxygen atoms in total. The van der Waals surface area contributed by atoms with Crippen LogP contribution in [0.15, 0.2) is 0 Å². The average molecular weight is 183 g/mol. The summed E-state index contributed by atoms with van der Waals surface area (Å²) in [7, 11) is 0. The highest BCUT2D eigenvalue weighted by Crippen LogP contribution is 2.34. The van der Waals surface area contributed by atoms with E-state index >= 15 is 0 Å². The van der Waals surface area contributed by atoms with Crippen LogP contribution in [0.3, 0.4) is 0 Å². The van der Waals surface area contributed by atoms with E-state index < -0.39 is 0 Å². The average Bonchev–Trinajstić information content (AvgIpc) is 2.54. The van der Waals surface area contributed by atoms with E-state index in [9.17, 15) is 0 Å². The van der Waals surface area contributed by atoms with Crippen LogP contribution in [0.1, 0.15) is 39.5 Å². The van der Waals surface area contributed by atoms with Crippen LogP contribution in [-0.4, -0.2) is 24.8 Å². The molecule has 0 aromatic heterocycles. The lowest BCUT2D eigenvalue weighted by Gasteiger charge is -2.27. The van der Waals surface area contributed by atoms with E-state index in [1.165, 1.54) is 25.7 Å². The van der Waals surface area contributed by atoms with Crippen LogP contribution in [0, 0.1) is 5.92 Å². The monoisotopic (exact) mass is 183 g/mol. The van der Waals surface area contributed by atoms with Gasteiger partial charge in [-0.1, -0.05) is 19.8 Å². The molecule has 0 amide bonds. The standard InChI is InChI=1S/C11H21NO/c1-9-7-13-11(5-3-4-6-11)8-12-10(9)2/h9-10,12H,3-8H2,1-2H3. The van der Waals surface area contributed by atoms with Crippen LogP contribution in [-0.2, 0) is 4.74 Å². The van der Waals surface area contributed by atoms with Crippen LogP contribution in [0.4, 0.5) is 0 Å². The first-order valence-corrected chi connectivity index (χ1v) is 5.59. The van der Waals surface area contributed by atoms with Gasteiger partial charge in [0.2, 0.25) is 0 Å². The van der Waals surface area contributed by atoms with Crippen molar-refractivity contribution < 1.29 is 4.74 Å². The molecule has 0 radical (unpaired) electrons. The Hall–Kier alpha value is -0.0800. The van der Waals surface area contributed by atoms with Crippen molar-refractivity contribution in [1.82, 2.24) is 5.32 Å². The summed E-state index contributed by atoms with van der Waals surface area (Å²) in [5.41, 5.74) is 0.207. The molecule has 0 aromatic carbocycles. The predicted octanol–water partition coefficient (Wildman–Crippen LogP) is 1.94. The molecule has 2 atom stereocenters. The second-order valence-corrected chi connectivity index (χ2v) is 4.85. The van der Waals surface area contributed by atoms with E-state index in [-0.39, 0.29) is 5.60 Å². The first-order chi connectivity index (χ1) is 6.22. The molecule has 2 fully saturated rings. The molecule has 2 heteroatoms. The Morgan fingerprint density at radius 1 is 1.23 bits per heavy atom. The van der Waals surface area contributed by atoms with Gasteiger partial charge in [-0.25, -0.2) is 0 Å². The molecule has 1 aliphatic heterocycles. The lowest BCUT2D eigenvalue weighted by molar-refractivity contribution is -0.0376. The Balaban J connectivity index is 2.00. The molecule has 0 bridgehead atoms. The van der Waals surface area contributed by atoms with Crippen molar-refractivity contribution in [3.8, 4) is 0 Å². The molecule has 1 saturated heterocycles.